The molecule has 32 heavy (non-hydrogen) atoms. The van der Waals surface area contributed by atoms with Crippen molar-refractivity contribution in [3.05, 3.63) is 95.1 Å². The van der Waals surface area contributed by atoms with Crippen LogP contribution in [-0.2, 0) is 11.4 Å². The van der Waals surface area contributed by atoms with E-state index >= 15 is 0 Å². The fourth-order valence-corrected chi connectivity index (χ4v) is 5.14. The predicted octanol–water partition coefficient (Wildman–Crippen LogP) is 6.95. The number of hydrogen-bond acceptors (Lipinski definition) is 3. The summed E-state index contributed by atoms with van der Waals surface area (Å²) in [4.78, 5) is 12.7. The Morgan fingerprint density at radius 3 is 2.25 bits per heavy atom. The highest BCUT2D eigenvalue weighted by atomic mass is 127. The Morgan fingerprint density at radius 1 is 1.00 bits per heavy atom. The van der Waals surface area contributed by atoms with Crippen LogP contribution in [0.2, 0.25) is 0 Å². The summed E-state index contributed by atoms with van der Waals surface area (Å²) >= 11 is 4.44. The molecule has 162 valence electrons. The van der Waals surface area contributed by atoms with Crippen LogP contribution in [0.15, 0.2) is 60.2 Å². The first-order valence-corrected chi connectivity index (χ1v) is 12.1. The van der Waals surface area contributed by atoms with Crippen LogP contribution in [0, 0.1) is 39.2 Å². The van der Waals surface area contributed by atoms with Crippen molar-refractivity contribution < 1.29 is 9.53 Å². The van der Waals surface area contributed by atoms with Gasteiger partial charge in [0.25, 0.3) is 5.91 Å². The highest BCUT2D eigenvalue weighted by molar-refractivity contribution is 14.1. The lowest BCUT2D eigenvalue weighted by Gasteiger charge is -2.12. The number of carbonyl (C=O) groups excluding carboxylic acids is 1. The lowest BCUT2D eigenvalue weighted by atomic mass is 10.1. The Hall–Kier alpha value is -2.38. The summed E-state index contributed by atoms with van der Waals surface area (Å²) in [5, 5.41) is 12.4. The van der Waals surface area contributed by atoms with Crippen molar-refractivity contribution in [1.82, 2.24) is 0 Å². The molecule has 0 fully saturated rings. The van der Waals surface area contributed by atoms with Crippen LogP contribution < -0.4 is 10.1 Å². The molecule has 0 spiro atoms. The van der Waals surface area contributed by atoms with Crippen molar-refractivity contribution in [3.63, 3.8) is 0 Å². The summed E-state index contributed by atoms with van der Waals surface area (Å²) in [6.07, 6.45) is 1.61. The second-order valence-electron chi connectivity index (χ2n) is 7.53. The third-order valence-corrected chi connectivity index (χ3v) is 6.44. The van der Waals surface area contributed by atoms with Gasteiger partial charge in [-0.25, -0.2) is 0 Å². The molecule has 0 atom stereocenters. The van der Waals surface area contributed by atoms with Crippen LogP contribution in [0.4, 0.5) is 5.69 Å². The lowest BCUT2D eigenvalue weighted by Crippen LogP contribution is -2.14. The number of aryl methyl sites for hydroxylation is 3. The molecule has 6 heteroatoms. The zero-order valence-corrected chi connectivity index (χ0v) is 22.3. The summed E-state index contributed by atoms with van der Waals surface area (Å²) in [6, 6.07) is 19.9. The number of anilines is 1. The van der Waals surface area contributed by atoms with Gasteiger partial charge in [-0.05, 0) is 112 Å². The van der Waals surface area contributed by atoms with Crippen molar-refractivity contribution in [3.8, 4) is 11.8 Å². The summed E-state index contributed by atoms with van der Waals surface area (Å²) < 4.78 is 7.88. The average Bonchev–Trinajstić information content (AvgIpc) is 2.75. The zero-order chi connectivity index (χ0) is 23.3. The second-order valence-corrected chi connectivity index (χ2v) is 9.85. The fraction of sp³-hybridized carbons (Fsp3) is 0.154. The van der Waals surface area contributed by atoms with Gasteiger partial charge in [-0.2, -0.15) is 5.26 Å². The Bertz CT molecular complexity index is 1200. The molecule has 0 aliphatic heterocycles. The van der Waals surface area contributed by atoms with Gasteiger partial charge in [0.05, 0.1) is 7.14 Å². The number of rotatable bonds is 6. The number of hydrogen-bond donors (Lipinski definition) is 1. The number of nitriles is 1. The van der Waals surface area contributed by atoms with Gasteiger partial charge in [-0.1, -0.05) is 42.0 Å². The molecule has 0 heterocycles. The van der Waals surface area contributed by atoms with E-state index in [1.807, 2.05) is 50.2 Å². The Morgan fingerprint density at radius 2 is 1.62 bits per heavy atom. The third kappa shape index (κ3) is 6.33. The van der Waals surface area contributed by atoms with Gasteiger partial charge in [0.1, 0.15) is 24.0 Å². The second kappa shape index (κ2) is 11.0. The minimum absolute atomic E-state index is 0.0471. The van der Waals surface area contributed by atoms with Gasteiger partial charge in [0.2, 0.25) is 0 Å². The standard InChI is InChI=1S/C26H22I2N2O2/c1-16-5-8-19(9-6-16)15-32-25-22(27)12-20(13-23(25)28)11-21(14-29)26(31)30-24-10-17(2)4-7-18(24)3/h4-13H,15H2,1-3H3,(H,30,31)/b21-11+. The predicted molar refractivity (Wildman–Crippen MR) is 146 cm³/mol. The van der Waals surface area contributed by atoms with Gasteiger partial charge < -0.3 is 10.1 Å². The third-order valence-electron chi connectivity index (χ3n) is 4.84. The first-order chi connectivity index (χ1) is 15.3. The molecule has 0 saturated heterocycles. The highest BCUT2D eigenvalue weighted by Gasteiger charge is 2.13. The van der Waals surface area contributed by atoms with E-state index in [0.29, 0.717) is 12.3 Å². The number of benzene rings is 3. The van der Waals surface area contributed by atoms with Gasteiger partial charge in [0.15, 0.2) is 0 Å². The van der Waals surface area contributed by atoms with Gasteiger partial charge in [-0.3, -0.25) is 4.79 Å². The maximum absolute atomic E-state index is 12.7. The zero-order valence-electron chi connectivity index (χ0n) is 18.0. The summed E-state index contributed by atoms with van der Waals surface area (Å²) in [7, 11) is 0. The van der Waals surface area contributed by atoms with Crippen LogP contribution in [0.25, 0.3) is 6.08 Å². The topological polar surface area (TPSA) is 62.1 Å². The minimum Gasteiger partial charge on any atom is -0.487 e. The molecule has 0 bridgehead atoms. The Labute approximate surface area is 216 Å². The molecule has 0 saturated carbocycles. The first-order valence-electron chi connectivity index (χ1n) is 9.94. The molecule has 0 unspecified atom stereocenters. The molecular formula is C26H22I2N2O2. The van der Waals surface area contributed by atoms with Crippen LogP contribution >= 0.6 is 45.2 Å². The Kier molecular flexibility index (Phi) is 8.32. The van der Waals surface area contributed by atoms with Crippen LogP contribution in [-0.4, -0.2) is 5.91 Å². The van der Waals surface area contributed by atoms with E-state index in [0.717, 1.165) is 35.1 Å². The molecule has 0 aliphatic rings. The van der Waals surface area contributed by atoms with Crippen molar-refractivity contribution in [2.75, 3.05) is 5.32 Å². The molecular weight excluding hydrogens is 626 g/mol. The SMILES string of the molecule is Cc1ccc(COc2c(I)cc(/C=C(\C#N)C(=O)Nc3cc(C)ccc3C)cc2I)cc1. The minimum atomic E-state index is -0.425. The number of ether oxygens (including phenoxy) is 1. The van der Waals surface area contributed by atoms with Crippen LogP contribution in [0.5, 0.6) is 5.75 Å². The van der Waals surface area contributed by atoms with Crippen LogP contribution in [0.3, 0.4) is 0 Å². The van der Waals surface area contributed by atoms with Gasteiger partial charge in [-0.15, -0.1) is 0 Å². The molecule has 3 aromatic carbocycles. The van der Waals surface area contributed by atoms with Crippen molar-refractivity contribution in [1.29, 1.82) is 5.26 Å². The first kappa shape index (κ1) is 24.3. The molecule has 0 aromatic heterocycles. The van der Waals surface area contributed by atoms with Gasteiger partial charge in [0, 0.05) is 5.69 Å². The molecule has 1 N–H and O–H groups in total. The highest BCUT2D eigenvalue weighted by Crippen LogP contribution is 2.30. The largest absolute Gasteiger partial charge is 0.487 e. The monoisotopic (exact) mass is 648 g/mol. The maximum Gasteiger partial charge on any atom is 0.266 e. The van der Waals surface area contributed by atoms with E-state index in [4.69, 9.17) is 4.74 Å². The van der Waals surface area contributed by atoms with E-state index in [1.54, 1.807) is 6.08 Å². The number of halogens is 2. The van der Waals surface area contributed by atoms with Gasteiger partial charge >= 0.3 is 0 Å². The molecule has 3 aromatic rings. The normalized spacial score (nSPS) is 11.1. The van der Waals surface area contributed by atoms with E-state index in [9.17, 15) is 10.1 Å². The van der Waals surface area contributed by atoms with E-state index in [1.165, 1.54) is 5.56 Å². The van der Waals surface area contributed by atoms with Crippen molar-refractivity contribution in [2.24, 2.45) is 0 Å². The molecule has 3 rings (SSSR count). The van der Waals surface area contributed by atoms with Crippen molar-refractivity contribution >= 4 is 62.9 Å². The average molecular weight is 648 g/mol. The Balaban J connectivity index is 1.78. The molecule has 4 nitrogen and oxygen atoms in total. The summed E-state index contributed by atoms with van der Waals surface area (Å²) in [6.45, 7) is 6.41. The van der Waals surface area contributed by atoms with E-state index in [2.05, 4.69) is 81.7 Å². The summed E-state index contributed by atoms with van der Waals surface area (Å²) in [5.41, 5.74) is 5.82. The fourth-order valence-electron chi connectivity index (χ4n) is 3.02. The maximum atomic E-state index is 12.7. The molecule has 1 amide bonds. The van der Waals surface area contributed by atoms with Crippen LogP contribution in [0.1, 0.15) is 27.8 Å². The molecule has 0 aliphatic carbocycles. The number of carbonyl (C=O) groups is 1. The van der Waals surface area contributed by atoms with E-state index < -0.39 is 5.91 Å². The number of amides is 1. The number of nitrogens with one attached hydrogen (secondary N) is 1. The molecule has 0 radical (unpaired) electrons. The quantitative estimate of drug-likeness (QED) is 0.179. The van der Waals surface area contributed by atoms with E-state index in [-0.39, 0.29) is 5.57 Å². The van der Waals surface area contributed by atoms with Crippen molar-refractivity contribution in [2.45, 2.75) is 27.4 Å². The smallest absolute Gasteiger partial charge is 0.266 e. The number of nitrogens with zero attached hydrogens (tertiary/aromatic N) is 1. The summed E-state index contributed by atoms with van der Waals surface area (Å²) in [5.74, 6) is 0.369. The lowest BCUT2D eigenvalue weighted by molar-refractivity contribution is -0.112.